The fraction of sp³-hybridized carbons (Fsp3) is 0.500. The fourth-order valence-corrected chi connectivity index (χ4v) is 0.467. The second-order valence-corrected chi connectivity index (χ2v) is 1.74. The minimum absolute atomic E-state index is 0.183. The van der Waals surface area contributed by atoms with Crippen LogP contribution in [0.15, 0.2) is 12.4 Å². The maximum atomic E-state index is 12.2. The zero-order valence-electron chi connectivity index (χ0n) is 5.09. The molecule has 0 aliphatic carbocycles. The van der Waals surface area contributed by atoms with Crippen LogP contribution in [0.5, 0.6) is 0 Å². The molecule has 0 saturated carbocycles. The van der Waals surface area contributed by atoms with Crippen LogP contribution in [0.2, 0.25) is 0 Å². The minimum atomic E-state index is -4.27. The van der Waals surface area contributed by atoms with Crippen LogP contribution in [-0.4, -0.2) is 21.4 Å². The molecule has 11 heavy (non-hydrogen) atoms. The molecule has 62 valence electrons. The molecular formula is C4H3F4N3. The van der Waals surface area contributed by atoms with Gasteiger partial charge in [0.15, 0.2) is 0 Å². The smallest absolute Gasteiger partial charge is 0.201 e. The number of nitrogens with zero attached hydrogens (tertiary/aromatic N) is 3. The summed E-state index contributed by atoms with van der Waals surface area (Å²) in [6, 6.07) is -4.27. The van der Waals surface area contributed by atoms with Crippen molar-refractivity contribution in [2.24, 2.45) is 0 Å². The molecule has 7 heteroatoms. The standard InChI is InChI=1S/C4H3F4N3/c5-3(6)4(7,8)11-2-1-9-10-11/h1-3H. The Kier molecular flexibility index (Phi) is 1.79. The predicted octanol–water partition coefficient (Wildman–Crippen LogP) is 1.09. The van der Waals surface area contributed by atoms with Gasteiger partial charge in [-0.15, -0.1) is 5.10 Å². The largest absolute Gasteiger partial charge is 0.404 e. The van der Waals surface area contributed by atoms with E-state index in [0.29, 0.717) is 6.20 Å². The molecule has 0 saturated heterocycles. The molecule has 0 atom stereocenters. The van der Waals surface area contributed by atoms with Crippen molar-refractivity contribution in [1.82, 2.24) is 15.0 Å². The first kappa shape index (κ1) is 7.96. The summed E-state index contributed by atoms with van der Waals surface area (Å²) in [6.07, 6.45) is -2.20. The Balaban J connectivity index is 2.90. The molecule has 1 aromatic rings. The number of halogens is 4. The number of hydrogen-bond donors (Lipinski definition) is 0. The number of rotatable bonds is 2. The third kappa shape index (κ3) is 1.31. The lowest BCUT2D eigenvalue weighted by Gasteiger charge is -2.13. The molecule has 0 bridgehead atoms. The lowest BCUT2D eigenvalue weighted by Crippen LogP contribution is -2.31. The lowest BCUT2D eigenvalue weighted by molar-refractivity contribution is -0.197. The summed E-state index contributed by atoms with van der Waals surface area (Å²) in [4.78, 5) is 0. The van der Waals surface area contributed by atoms with Gasteiger partial charge in [-0.2, -0.15) is 13.5 Å². The molecule has 0 unspecified atom stereocenters. The minimum Gasteiger partial charge on any atom is -0.201 e. The maximum Gasteiger partial charge on any atom is 0.404 e. The molecule has 1 heterocycles. The highest BCUT2D eigenvalue weighted by molar-refractivity contribution is 4.72. The van der Waals surface area contributed by atoms with Crippen LogP contribution in [0, 0.1) is 0 Å². The average molecular weight is 169 g/mol. The van der Waals surface area contributed by atoms with E-state index in [-0.39, 0.29) is 4.68 Å². The third-order valence-corrected chi connectivity index (χ3v) is 0.991. The zero-order chi connectivity index (χ0) is 8.48. The highest BCUT2D eigenvalue weighted by atomic mass is 19.3. The molecule has 1 rings (SSSR count). The summed E-state index contributed by atoms with van der Waals surface area (Å²) >= 11 is 0. The van der Waals surface area contributed by atoms with Crippen LogP contribution < -0.4 is 0 Å². The van der Waals surface area contributed by atoms with Gasteiger partial charge in [0, 0.05) is 0 Å². The highest BCUT2D eigenvalue weighted by Gasteiger charge is 2.43. The molecule has 0 spiro atoms. The second-order valence-electron chi connectivity index (χ2n) is 1.74. The van der Waals surface area contributed by atoms with E-state index in [2.05, 4.69) is 10.3 Å². The topological polar surface area (TPSA) is 30.7 Å². The summed E-state index contributed by atoms with van der Waals surface area (Å²) < 4.78 is 47.3. The molecular weight excluding hydrogens is 166 g/mol. The van der Waals surface area contributed by atoms with E-state index in [0.717, 1.165) is 6.20 Å². The van der Waals surface area contributed by atoms with E-state index in [9.17, 15) is 17.6 Å². The van der Waals surface area contributed by atoms with E-state index in [4.69, 9.17) is 0 Å². The molecule has 0 radical (unpaired) electrons. The summed E-state index contributed by atoms with van der Waals surface area (Å²) in [5, 5.41) is 5.72. The van der Waals surface area contributed by atoms with Gasteiger partial charge in [-0.05, 0) is 0 Å². The molecule has 3 nitrogen and oxygen atoms in total. The summed E-state index contributed by atoms with van der Waals surface area (Å²) in [5.41, 5.74) is 0. The van der Waals surface area contributed by atoms with Crippen molar-refractivity contribution < 1.29 is 17.6 Å². The van der Waals surface area contributed by atoms with Crippen LogP contribution in [0.25, 0.3) is 0 Å². The normalized spacial score (nSPS) is 12.5. The SMILES string of the molecule is FC(F)C(F)(F)n1ccnn1. The first-order chi connectivity index (χ1) is 5.05. The van der Waals surface area contributed by atoms with Crippen LogP contribution >= 0.6 is 0 Å². The Morgan fingerprint density at radius 2 is 2.00 bits per heavy atom. The van der Waals surface area contributed by atoms with Crippen LogP contribution in [0.1, 0.15) is 0 Å². The van der Waals surface area contributed by atoms with Crippen molar-refractivity contribution in [3.63, 3.8) is 0 Å². The van der Waals surface area contributed by atoms with Crippen LogP contribution in [0.3, 0.4) is 0 Å². The molecule has 0 amide bonds. The van der Waals surface area contributed by atoms with Crippen molar-refractivity contribution in [3.05, 3.63) is 12.4 Å². The van der Waals surface area contributed by atoms with Gasteiger partial charge in [-0.25, -0.2) is 8.78 Å². The van der Waals surface area contributed by atoms with Crippen molar-refractivity contribution >= 4 is 0 Å². The first-order valence-corrected chi connectivity index (χ1v) is 2.58. The Morgan fingerprint density at radius 3 is 2.36 bits per heavy atom. The molecule has 0 aliphatic heterocycles. The number of alkyl halides is 4. The van der Waals surface area contributed by atoms with E-state index >= 15 is 0 Å². The summed E-state index contributed by atoms with van der Waals surface area (Å²) in [5.74, 6) is 0. The predicted molar refractivity (Wildman–Crippen MR) is 26.2 cm³/mol. The number of hydrogen-bond acceptors (Lipinski definition) is 2. The Hall–Kier alpha value is -1.14. The fourth-order valence-electron chi connectivity index (χ4n) is 0.467. The molecule has 0 N–H and O–H groups in total. The van der Waals surface area contributed by atoms with Crippen molar-refractivity contribution in [2.75, 3.05) is 0 Å². The monoisotopic (exact) mass is 169 g/mol. The van der Waals surface area contributed by atoms with Gasteiger partial charge in [0.1, 0.15) is 0 Å². The van der Waals surface area contributed by atoms with Crippen LogP contribution in [0.4, 0.5) is 17.6 Å². The Labute approximate surface area is 58.6 Å². The molecule has 0 fully saturated rings. The molecule has 1 aromatic heterocycles. The maximum absolute atomic E-state index is 12.2. The average Bonchev–Trinajstić information content (AvgIpc) is 2.37. The van der Waals surface area contributed by atoms with Gasteiger partial charge >= 0.3 is 12.5 Å². The Bertz CT molecular complexity index is 219. The van der Waals surface area contributed by atoms with Gasteiger partial charge in [-0.1, -0.05) is 5.21 Å². The first-order valence-electron chi connectivity index (χ1n) is 2.58. The zero-order valence-corrected chi connectivity index (χ0v) is 5.09. The van der Waals surface area contributed by atoms with Crippen molar-refractivity contribution in [2.45, 2.75) is 12.5 Å². The van der Waals surface area contributed by atoms with E-state index < -0.39 is 12.5 Å². The molecule has 0 aromatic carbocycles. The lowest BCUT2D eigenvalue weighted by atomic mass is 10.6. The van der Waals surface area contributed by atoms with Crippen molar-refractivity contribution in [3.8, 4) is 0 Å². The third-order valence-electron chi connectivity index (χ3n) is 0.991. The van der Waals surface area contributed by atoms with Gasteiger partial charge in [0.25, 0.3) is 0 Å². The Morgan fingerprint density at radius 1 is 1.36 bits per heavy atom. The van der Waals surface area contributed by atoms with E-state index in [1.807, 2.05) is 0 Å². The molecule has 0 aliphatic rings. The second kappa shape index (κ2) is 2.48. The quantitative estimate of drug-likeness (QED) is 0.620. The van der Waals surface area contributed by atoms with Gasteiger partial charge in [-0.3, -0.25) is 0 Å². The van der Waals surface area contributed by atoms with Crippen LogP contribution in [-0.2, 0) is 6.05 Å². The van der Waals surface area contributed by atoms with Gasteiger partial charge < -0.3 is 0 Å². The van der Waals surface area contributed by atoms with Gasteiger partial charge in [0.05, 0.1) is 12.4 Å². The van der Waals surface area contributed by atoms with Gasteiger partial charge in [0.2, 0.25) is 0 Å². The highest BCUT2D eigenvalue weighted by Crippen LogP contribution is 2.26. The summed E-state index contributed by atoms with van der Waals surface area (Å²) in [7, 11) is 0. The van der Waals surface area contributed by atoms with E-state index in [1.165, 1.54) is 0 Å². The van der Waals surface area contributed by atoms with Crippen molar-refractivity contribution in [1.29, 1.82) is 0 Å². The number of aromatic nitrogens is 3. The summed E-state index contributed by atoms with van der Waals surface area (Å²) in [6.45, 7) is 0. The van der Waals surface area contributed by atoms with E-state index in [1.54, 1.807) is 0 Å².